The Morgan fingerprint density at radius 1 is 1.25 bits per heavy atom. The molecule has 1 atom stereocenters. The minimum Gasteiger partial charge on any atom is -0.386 e. The van der Waals surface area contributed by atoms with Crippen molar-refractivity contribution >= 4 is 29.0 Å². The fourth-order valence-corrected chi connectivity index (χ4v) is 2.46. The van der Waals surface area contributed by atoms with E-state index in [0.29, 0.717) is 11.6 Å². The second kappa shape index (κ2) is 7.28. The molecule has 0 fully saturated rings. The number of hydrogen-bond donors (Lipinski definition) is 3. The number of hydrogen-bond acceptors (Lipinski definition) is 3. The van der Waals surface area contributed by atoms with E-state index in [1.54, 1.807) is 12.1 Å². The molecule has 4 nitrogen and oxygen atoms in total. The Labute approximate surface area is 126 Å². The van der Waals surface area contributed by atoms with Crippen molar-refractivity contribution in [3.63, 3.8) is 0 Å². The predicted octanol–water partition coefficient (Wildman–Crippen LogP) is 2.93. The molecule has 20 heavy (non-hydrogen) atoms. The predicted molar refractivity (Wildman–Crippen MR) is 81.0 cm³/mol. The summed E-state index contributed by atoms with van der Waals surface area (Å²) in [6.45, 7) is 0.602. The van der Waals surface area contributed by atoms with Crippen LogP contribution in [0.1, 0.15) is 16.5 Å². The Kier molecular flexibility index (Phi) is 5.40. The minimum absolute atomic E-state index is 0.187. The van der Waals surface area contributed by atoms with Crippen LogP contribution >= 0.6 is 22.9 Å². The van der Waals surface area contributed by atoms with Crippen LogP contribution in [0.15, 0.2) is 41.8 Å². The zero-order valence-corrected chi connectivity index (χ0v) is 12.2. The van der Waals surface area contributed by atoms with E-state index in [9.17, 15) is 9.90 Å². The standard InChI is InChI=1S/C14H15ClN2O2S/c15-11-5-3-10(4-6-11)8-16-14(19)17-9-12(18)13-2-1-7-20-13/h1-7,12,18H,8-9H2,(H2,16,17,19)/t12-/m1/s1. The molecule has 0 saturated heterocycles. The number of carbonyl (C=O) groups excluding carboxylic acids is 1. The van der Waals surface area contributed by atoms with Gasteiger partial charge in [0, 0.05) is 16.4 Å². The molecule has 2 amide bonds. The summed E-state index contributed by atoms with van der Waals surface area (Å²) in [5.74, 6) is 0. The summed E-state index contributed by atoms with van der Waals surface area (Å²) in [5.41, 5.74) is 0.961. The lowest BCUT2D eigenvalue weighted by Crippen LogP contribution is -2.37. The number of urea groups is 1. The highest BCUT2D eigenvalue weighted by Gasteiger charge is 2.09. The van der Waals surface area contributed by atoms with Gasteiger partial charge < -0.3 is 15.7 Å². The SMILES string of the molecule is O=C(NCc1ccc(Cl)cc1)NC[C@@H](O)c1cccs1. The number of carbonyl (C=O) groups is 1. The number of aliphatic hydroxyl groups is 1. The Morgan fingerprint density at radius 3 is 2.65 bits per heavy atom. The monoisotopic (exact) mass is 310 g/mol. The van der Waals surface area contributed by atoms with Gasteiger partial charge in [-0.05, 0) is 29.1 Å². The van der Waals surface area contributed by atoms with Gasteiger partial charge in [-0.2, -0.15) is 0 Å². The van der Waals surface area contributed by atoms with E-state index in [4.69, 9.17) is 11.6 Å². The lowest BCUT2D eigenvalue weighted by atomic mass is 10.2. The number of rotatable bonds is 5. The number of aliphatic hydroxyl groups excluding tert-OH is 1. The van der Waals surface area contributed by atoms with Crippen LogP contribution in [0.25, 0.3) is 0 Å². The third kappa shape index (κ3) is 4.52. The van der Waals surface area contributed by atoms with Crippen molar-refractivity contribution in [2.24, 2.45) is 0 Å². The van der Waals surface area contributed by atoms with E-state index in [-0.39, 0.29) is 12.6 Å². The van der Waals surface area contributed by atoms with Gasteiger partial charge in [-0.1, -0.05) is 29.8 Å². The second-order valence-corrected chi connectivity index (χ2v) is 5.64. The average Bonchev–Trinajstić information content (AvgIpc) is 2.98. The summed E-state index contributed by atoms with van der Waals surface area (Å²) in [5, 5.41) is 17.7. The Hall–Kier alpha value is -1.56. The molecule has 2 rings (SSSR count). The normalized spacial score (nSPS) is 11.9. The maximum Gasteiger partial charge on any atom is 0.315 e. The van der Waals surface area contributed by atoms with Gasteiger partial charge in [0.25, 0.3) is 0 Å². The number of thiophene rings is 1. The van der Waals surface area contributed by atoms with Gasteiger partial charge in [-0.3, -0.25) is 0 Å². The number of amides is 2. The lowest BCUT2D eigenvalue weighted by molar-refractivity contribution is 0.176. The minimum atomic E-state index is -0.670. The molecule has 106 valence electrons. The second-order valence-electron chi connectivity index (χ2n) is 4.22. The van der Waals surface area contributed by atoms with E-state index in [1.165, 1.54) is 11.3 Å². The van der Waals surface area contributed by atoms with Crippen LogP contribution in [0.2, 0.25) is 5.02 Å². The highest BCUT2D eigenvalue weighted by molar-refractivity contribution is 7.10. The highest BCUT2D eigenvalue weighted by Crippen LogP contribution is 2.17. The first kappa shape index (κ1) is 14.8. The summed E-state index contributed by atoms with van der Waals surface area (Å²) in [6, 6.07) is 10.6. The van der Waals surface area contributed by atoms with E-state index in [2.05, 4.69) is 10.6 Å². The first-order chi connectivity index (χ1) is 9.65. The third-order valence-electron chi connectivity index (χ3n) is 2.69. The molecule has 3 N–H and O–H groups in total. The Balaban J connectivity index is 1.71. The molecule has 1 aromatic heterocycles. The van der Waals surface area contributed by atoms with Gasteiger partial charge in [-0.25, -0.2) is 4.79 Å². The largest absolute Gasteiger partial charge is 0.386 e. The lowest BCUT2D eigenvalue weighted by Gasteiger charge is -2.11. The molecule has 1 heterocycles. The van der Waals surface area contributed by atoms with E-state index in [1.807, 2.05) is 29.6 Å². The van der Waals surface area contributed by atoms with Crippen molar-refractivity contribution < 1.29 is 9.90 Å². The molecule has 6 heteroatoms. The summed E-state index contributed by atoms with van der Waals surface area (Å²) in [6.07, 6.45) is -0.670. The summed E-state index contributed by atoms with van der Waals surface area (Å²) < 4.78 is 0. The number of halogens is 1. The molecule has 0 aliphatic heterocycles. The van der Waals surface area contributed by atoms with Crippen LogP contribution in [0, 0.1) is 0 Å². The molecular weight excluding hydrogens is 296 g/mol. The molecule has 0 bridgehead atoms. The first-order valence-electron chi connectivity index (χ1n) is 6.13. The van der Waals surface area contributed by atoms with Gasteiger partial charge in [0.05, 0.1) is 6.54 Å². The van der Waals surface area contributed by atoms with Crippen LogP contribution < -0.4 is 10.6 Å². The van der Waals surface area contributed by atoms with E-state index >= 15 is 0 Å². The molecule has 0 saturated carbocycles. The zero-order valence-electron chi connectivity index (χ0n) is 10.7. The van der Waals surface area contributed by atoms with Crippen molar-refractivity contribution in [3.8, 4) is 0 Å². The van der Waals surface area contributed by atoms with Crippen molar-refractivity contribution in [1.82, 2.24) is 10.6 Å². The quantitative estimate of drug-likeness (QED) is 0.795. The molecule has 0 radical (unpaired) electrons. The molecule has 1 aromatic carbocycles. The number of benzene rings is 1. The molecule has 0 unspecified atom stereocenters. The Bertz CT molecular complexity index is 543. The van der Waals surface area contributed by atoms with Gasteiger partial charge in [0.1, 0.15) is 6.10 Å². The number of nitrogens with one attached hydrogen (secondary N) is 2. The molecule has 0 aliphatic rings. The topological polar surface area (TPSA) is 61.4 Å². The van der Waals surface area contributed by atoms with Crippen molar-refractivity contribution in [3.05, 3.63) is 57.2 Å². The van der Waals surface area contributed by atoms with Crippen LogP contribution in [0.3, 0.4) is 0 Å². The molecule has 2 aromatic rings. The summed E-state index contributed by atoms with van der Waals surface area (Å²) >= 11 is 7.24. The van der Waals surface area contributed by atoms with Gasteiger partial charge in [0.15, 0.2) is 0 Å². The van der Waals surface area contributed by atoms with Gasteiger partial charge in [-0.15, -0.1) is 11.3 Å². The van der Waals surface area contributed by atoms with Crippen molar-refractivity contribution in [2.75, 3.05) is 6.54 Å². The van der Waals surface area contributed by atoms with Gasteiger partial charge in [0.2, 0.25) is 0 Å². The maximum absolute atomic E-state index is 11.6. The molecular formula is C14H15ClN2O2S. The van der Waals surface area contributed by atoms with Crippen molar-refractivity contribution in [1.29, 1.82) is 0 Å². The van der Waals surface area contributed by atoms with Crippen LogP contribution in [0.4, 0.5) is 4.79 Å². The third-order valence-corrected chi connectivity index (χ3v) is 3.92. The highest BCUT2D eigenvalue weighted by atomic mass is 35.5. The molecule has 0 aliphatic carbocycles. The first-order valence-corrected chi connectivity index (χ1v) is 7.38. The maximum atomic E-state index is 11.6. The fraction of sp³-hybridized carbons (Fsp3) is 0.214. The van der Waals surface area contributed by atoms with E-state index in [0.717, 1.165) is 10.4 Å². The average molecular weight is 311 g/mol. The fourth-order valence-electron chi connectivity index (χ4n) is 1.62. The summed E-state index contributed by atoms with van der Waals surface area (Å²) in [4.78, 5) is 12.4. The van der Waals surface area contributed by atoms with Crippen LogP contribution in [0.5, 0.6) is 0 Å². The van der Waals surface area contributed by atoms with Gasteiger partial charge >= 0.3 is 6.03 Å². The summed E-state index contributed by atoms with van der Waals surface area (Å²) in [7, 11) is 0. The van der Waals surface area contributed by atoms with Crippen molar-refractivity contribution in [2.45, 2.75) is 12.6 Å². The van der Waals surface area contributed by atoms with E-state index < -0.39 is 6.10 Å². The Morgan fingerprint density at radius 2 is 2.00 bits per heavy atom. The zero-order chi connectivity index (χ0) is 14.4. The van der Waals surface area contributed by atoms with Crippen LogP contribution in [-0.4, -0.2) is 17.7 Å². The smallest absolute Gasteiger partial charge is 0.315 e. The van der Waals surface area contributed by atoms with Crippen LogP contribution in [-0.2, 0) is 6.54 Å². The molecule has 0 spiro atoms.